The second kappa shape index (κ2) is 5.72. The first-order valence-electron chi connectivity index (χ1n) is 6.21. The minimum Gasteiger partial charge on any atom is -0.496 e. The van der Waals surface area contributed by atoms with Crippen LogP contribution in [0.5, 0.6) is 5.75 Å². The monoisotopic (exact) mass is 273 g/mol. The van der Waals surface area contributed by atoms with E-state index in [1.54, 1.807) is 25.1 Å². The maximum atomic E-state index is 12.0. The summed E-state index contributed by atoms with van der Waals surface area (Å²) in [4.78, 5) is 25.1. The summed E-state index contributed by atoms with van der Waals surface area (Å²) in [5.74, 6) is -0.000960. The molecule has 1 aromatic carbocycles. The number of amides is 2. The van der Waals surface area contributed by atoms with Gasteiger partial charge in [0.05, 0.1) is 37.9 Å². The Kier molecular flexibility index (Phi) is 4.01. The van der Waals surface area contributed by atoms with Crippen LogP contribution in [-0.2, 0) is 16.1 Å². The number of imide groups is 1. The predicted octanol–water partition coefficient (Wildman–Crippen LogP) is 0.414. The van der Waals surface area contributed by atoms with Crippen molar-refractivity contribution in [2.45, 2.75) is 19.5 Å². The molecule has 20 heavy (non-hydrogen) atoms. The molecule has 1 unspecified atom stereocenters. The average molecular weight is 273 g/mol. The van der Waals surface area contributed by atoms with Crippen LogP contribution in [0.4, 0.5) is 0 Å². The second-order valence-electron chi connectivity index (χ2n) is 4.56. The lowest BCUT2D eigenvalue weighted by atomic mass is 10.1. The van der Waals surface area contributed by atoms with Crippen molar-refractivity contribution in [2.75, 3.05) is 13.7 Å². The number of rotatable bonds is 3. The number of ether oxygens (including phenoxy) is 1. The molecule has 2 amide bonds. The van der Waals surface area contributed by atoms with Gasteiger partial charge in [0.1, 0.15) is 5.75 Å². The van der Waals surface area contributed by atoms with Crippen LogP contribution in [0.15, 0.2) is 18.2 Å². The van der Waals surface area contributed by atoms with Crippen molar-refractivity contribution in [1.29, 1.82) is 5.26 Å². The Hall–Kier alpha value is -2.39. The molecule has 2 rings (SSSR count). The van der Waals surface area contributed by atoms with Crippen molar-refractivity contribution in [3.63, 3.8) is 0 Å². The van der Waals surface area contributed by atoms with Crippen LogP contribution < -0.4 is 10.1 Å². The van der Waals surface area contributed by atoms with Gasteiger partial charge in [-0.1, -0.05) is 0 Å². The summed E-state index contributed by atoms with van der Waals surface area (Å²) in [7, 11) is 1.51. The van der Waals surface area contributed by atoms with Gasteiger partial charge in [0.15, 0.2) is 0 Å². The van der Waals surface area contributed by atoms with E-state index in [0.717, 1.165) is 0 Å². The SMILES string of the molecule is COc1ccc(C#N)cc1CN1C(=O)CNC(C)C1=O. The molecular weight excluding hydrogens is 258 g/mol. The van der Waals surface area contributed by atoms with E-state index in [1.807, 2.05) is 6.07 Å². The molecule has 1 fully saturated rings. The van der Waals surface area contributed by atoms with Crippen LogP contribution in [-0.4, -0.2) is 36.4 Å². The fraction of sp³-hybridized carbons (Fsp3) is 0.357. The molecule has 0 saturated carbocycles. The third-order valence-electron chi connectivity index (χ3n) is 3.23. The zero-order chi connectivity index (χ0) is 14.7. The minimum absolute atomic E-state index is 0.113. The smallest absolute Gasteiger partial charge is 0.246 e. The highest BCUT2D eigenvalue weighted by atomic mass is 16.5. The number of nitriles is 1. The molecule has 6 nitrogen and oxygen atoms in total. The van der Waals surface area contributed by atoms with Gasteiger partial charge in [-0.3, -0.25) is 19.8 Å². The lowest BCUT2D eigenvalue weighted by Crippen LogP contribution is -2.56. The molecule has 1 saturated heterocycles. The molecule has 104 valence electrons. The number of nitrogens with zero attached hydrogens (tertiary/aromatic N) is 2. The zero-order valence-electron chi connectivity index (χ0n) is 11.3. The van der Waals surface area contributed by atoms with Gasteiger partial charge in [-0.25, -0.2) is 0 Å². The summed E-state index contributed by atoms with van der Waals surface area (Å²) < 4.78 is 5.21. The second-order valence-corrected chi connectivity index (χ2v) is 4.56. The standard InChI is InChI=1S/C14H15N3O3/c1-9-14(19)17(13(18)7-16-9)8-11-5-10(6-15)3-4-12(11)20-2/h3-5,9,16H,7-8H2,1-2H3. The first-order valence-corrected chi connectivity index (χ1v) is 6.21. The minimum atomic E-state index is -0.391. The third-order valence-corrected chi connectivity index (χ3v) is 3.23. The Bertz CT molecular complexity index is 592. The highest BCUT2D eigenvalue weighted by Gasteiger charge is 2.31. The Balaban J connectivity index is 2.30. The van der Waals surface area contributed by atoms with Crippen LogP contribution >= 0.6 is 0 Å². The molecule has 0 aromatic heterocycles. The van der Waals surface area contributed by atoms with Gasteiger partial charge in [-0.2, -0.15) is 5.26 Å². The fourth-order valence-corrected chi connectivity index (χ4v) is 2.09. The van der Waals surface area contributed by atoms with Gasteiger partial charge in [0.25, 0.3) is 0 Å². The lowest BCUT2D eigenvalue weighted by Gasteiger charge is -2.30. The van der Waals surface area contributed by atoms with Gasteiger partial charge in [-0.15, -0.1) is 0 Å². The van der Waals surface area contributed by atoms with Crippen molar-refractivity contribution >= 4 is 11.8 Å². The molecule has 0 bridgehead atoms. The molecule has 1 aliphatic heterocycles. The number of piperazine rings is 1. The Morgan fingerprint density at radius 2 is 2.25 bits per heavy atom. The lowest BCUT2D eigenvalue weighted by molar-refractivity contribution is -0.149. The summed E-state index contributed by atoms with van der Waals surface area (Å²) in [6.45, 7) is 1.96. The predicted molar refractivity (Wildman–Crippen MR) is 70.7 cm³/mol. The zero-order valence-corrected chi connectivity index (χ0v) is 11.3. The first kappa shape index (κ1) is 14.0. The Morgan fingerprint density at radius 3 is 2.90 bits per heavy atom. The molecule has 1 atom stereocenters. The van der Waals surface area contributed by atoms with E-state index in [0.29, 0.717) is 16.9 Å². The van der Waals surface area contributed by atoms with E-state index >= 15 is 0 Å². The van der Waals surface area contributed by atoms with Crippen LogP contribution in [0.1, 0.15) is 18.1 Å². The average Bonchev–Trinajstić information content (AvgIpc) is 2.47. The van der Waals surface area contributed by atoms with Gasteiger partial charge < -0.3 is 4.74 Å². The number of benzene rings is 1. The molecule has 6 heteroatoms. The fourth-order valence-electron chi connectivity index (χ4n) is 2.09. The molecule has 1 aliphatic rings. The number of hydrogen-bond donors (Lipinski definition) is 1. The molecule has 0 aliphatic carbocycles. The molecular formula is C14H15N3O3. The van der Waals surface area contributed by atoms with Crippen molar-refractivity contribution in [1.82, 2.24) is 10.2 Å². The summed E-state index contributed by atoms with van der Waals surface area (Å²) in [6.07, 6.45) is 0. The molecule has 0 radical (unpaired) electrons. The van der Waals surface area contributed by atoms with Crippen molar-refractivity contribution in [2.24, 2.45) is 0 Å². The van der Waals surface area contributed by atoms with E-state index in [2.05, 4.69) is 5.32 Å². The Labute approximate surface area is 116 Å². The first-order chi connectivity index (χ1) is 9.56. The van der Waals surface area contributed by atoms with E-state index in [-0.39, 0.29) is 24.9 Å². The van der Waals surface area contributed by atoms with Crippen molar-refractivity contribution < 1.29 is 14.3 Å². The van der Waals surface area contributed by atoms with E-state index in [9.17, 15) is 9.59 Å². The molecule has 1 heterocycles. The number of nitrogens with one attached hydrogen (secondary N) is 1. The van der Waals surface area contributed by atoms with E-state index in [4.69, 9.17) is 10.00 Å². The van der Waals surface area contributed by atoms with Crippen LogP contribution in [0.25, 0.3) is 0 Å². The topological polar surface area (TPSA) is 82.4 Å². The van der Waals surface area contributed by atoms with Crippen LogP contribution in [0.3, 0.4) is 0 Å². The van der Waals surface area contributed by atoms with Gasteiger partial charge in [0, 0.05) is 5.56 Å². The van der Waals surface area contributed by atoms with E-state index in [1.165, 1.54) is 12.0 Å². The maximum absolute atomic E-state index is 12.0. The summed E-state index contributed by atoms with van der Waals surface area (Å²) >= 11 is 0. The van der Waals surface area contributed by atoms with Crippen molar-refractivity contribution in [3.8, 4) is 11.8 Å². The summed E-state index contributed by atoms with van der Waals surface area (Å²) in [6, 6.07) is 6.56. The van der Waals surface area contributed by atoms with Crippen molar-refractivity contribution in [3.05, 3.63) is 29.3 Å². The van der Waals surface area contributed by atoms with Crippen LogP contribution in [0.2, 0.25) is 0 Å². The number of carbonyl (C=O) groups excluding carboxylic acids is 2. The largest absolute Gasteiger partial charge is 0.496 e. The number of methoxy groups -OCH3 is 1. The number of carbonyl (C=O) groups is 2. The van der Waals surface area contributed by atoms with Gasteiger partial charge in [-0.05, 0) is 25.1 Å². The quantitative estimate of drug-likeness (QED) is 0.807. The normalized spacial score (nSPS) is 18.9. The Morgan fingerprint density at radius 1 is 1.50 bits per heavy atom. The highest BCUT2D eigenvalue weighted by Crippen LogP contribution is 2.22. The summed E-state index contributed by atoms with van der Waals surface area (Å²) in [5.41, 5.74) is 1.10. The third kappa shape index (κ3) is 2.63. The highest BCUT2D eigenvalue weighted by molar-refractivity contribution is 6.00. The summed E-state index contributed by atoms with van der Waals surface area (Å²) in [5, 5.41) is 11.8. The molecule has 1 N–H and O–H groups in total. The molecule has 0 spiro atoms. The molecule has 1 aromatic rings. The van der Waals surface area contributed by atoms with Gasteiger partial charge in [0.2, 0.25) is 11.8 Å². The van der Waals surface area contributed by atoms with Crippen LogP contribution in [0, 0.1) is 11.3 Å². The maximum Gasteiger partial charge on any atom is 0.246 e. The van der Waals surface area contributed by atoms with Gasteiger partial charge >= 0.3 is 0 Å². The number of hydrogen-bond acceptors (Lipinski definition) is 5. The van der Waals surface area contributed by atoms with E-state index < -0.39 is 6.04 Å².